The van der Waals surface area contributed by atoms with Crippen molar-refractivity contribution in [3.05, 3.63) is 42.0 Å². The molecule has 2 aromatic carbocycles. The van der Waals surface area contributed by atoms with Gasteiger partial charge in [-0.25, -0.2) is 0 Å². The minimum atomic E-state index is -0.149. The third-order valence-corrected chi connectivity index (χ3v) is 5.20. The molecule has 0 radical (unpaired) electrons. The maximum atomic E-state index is 12.5. The fraction of sp³-hybridized carbons (Fsp3) is 0.333. The van der Waals surface area contributed by atoms with Crippen LogP contribution in [0.4, 0.5) is 10.5 Å². The number of benzene rings is 2. The summed E-state index contributed by atoms with van der Waals surface area (Å²) in [5.41, 5.74) is 1.50. The summed E-state index contributed by atoms with van der Waals surface area (Å²) in [6.45, 7) is 0. The fourth-order valence-corrected chi connectivity index (χ4v) is 3.34. The molecule has 0 aliphatic rings. The Kier molecular flexibility index (Phi) is 8.21. The second kappa shape index (κ2) is 10.6. The number of thioether (sulfide) groups is 1. The Morgan fingerprint density at radius 2 is 1.62 bits per heavy atom. The van der Waals surface area contributed by atoms with Gasteiger partial charge in [-0.2, -0.15) is 0 Å². The number of rotatable bonds is 8. The number of carbonyl (C=O) groups is 2. The number of hydrogen-bond acceptors (Lipinski definition) is 6. The van der Waals surface area contributed by atoms with Crippen molar-refractivity contribution in [1.82, 2.24) is 4.90 Å². The Bertz CT molecular complexity index is 845. The molecular weight excluding hydrogens is 392 g/mol. The SMILES string of the molecule is COc1cc(CCC(=O)Nc2ccccc2SC(=O)N(C)C)cc(OC)c1OC. The second-order valence-corrected chi connectivity index (χ2v) is 7.33. The summed E-state index contributed by atoms with van der Waals surface area (Å²) in [5.74, 6) is 1.46. The van der Waals surface area contributed by atoms with E-state index in [1.165, 1.54) is 4.90 Å². The van der Waals surface area contributed by atoms with Crippen molar-refractivity contribution in [1.29, 1.82) is 0 Å². The molecule has 0 heterocycles. The van der Waals surface area contributed by atoms with Crippen LogP contribution in [0.15, 0.2) is 41.3 Å². The van der Waals surface area contributed by atoms with Gasteiger partial charge in [-0.15, -0.1) is 0 Å². The van der Waals surface area contributed by atoms with Gasteiger partial charge in [0.15, 0.2) is 11.5 Å². The molecule has 2 rings (SSSR count). The van der Waals surface area contributed by atoms with Crippen molar-refractivity contribution in [2.45, 2.75) is 17.7 Å². The first-order valence-electron chi connectivity index (χ1n) is 8.96. The molecule has 2 amide bonds. The molecule has 0 bridgehead atoms. The average Bonchev–Trinajstić information content (AvgIpc) is 2.72. The molecule has 156 valence electrons. The second-order valence-electron chi connectivity index (χ2n) is 6.34. The van der Waals surface area contributed by atoms with Gasteiger partial charge in [-0.1, -0.05) is 12.1 Å². The van der Waals surface area contributed by atoms with E-state index in [0.29, 0.717) is 34.3 Å². The van der Waals surface area contributed by atoms with E-state index < -0.39 is 0 Å². The maximum Gasteiger partial charge on any atom is 0.286 e. The zero-order valence-corrected chi connectivity index (χ0v) is 18.1. The highest BCUT2D eigenvalue weighted by molar-refractivity contribution is 8.13. The van der Waals surface area contributed by atoms with Gasteiger partial charge in [0.1, 0.15) is 0 Å². The van der Waals surface area contributed by atoms with E-state index in [2.05, 4.69) is 5.32 Å². The predicted octanol–water partition coefficient (Wildman–Crippen LogP) is 4.06. The number of nitrogens with zero attached hydrogens (tertiary/aromatic N) is 1. The van der Waals surface area contributed by atoms with Crippen LogP contribution in [0.1, 0.15) is 12.0 Å². The smallest absolute Gasteiger partial charge is 0.286 e. The Morgan fingerprint density at radius 1 is 1.00 bits per heavy atom. The molecule has 0 fully saturated rings. The van der Waals surface area contributed by atoms with E-state index >= 15 is 0 Å². The lowest BCUT2D eigenvalue weighted by molar-refractivity contribution is -0.116. The monoisotopic (exact) mass is 418 g/mol. The molecule has 0 aromatic heterocycles. The highest BCUT2D eigenvalue weighted by atomic mass is 32.2. The van der Waals surface area contributed by atoms with Gasteiger partial charge in [0, 0.05) is 25.4 Å². The largest absolute Gasteiger partial charge is 0.493 e. The van der Waals surface area contributed by atoms with Crippen LogP contribution in [-0.4, -0.2) is 51.5 Å². The van der Waals surface area contributed by atoms with Crippen molar-refractivity contribution < 1.29 is 23.8 Å². The van der Waals surface area contributed by atoms with Gasteiger partial charge < -0.3 is 24.4 Å². The van der Waals surface area contributed by atoms with E-state index in [9.17, 15) is 9.59 Å². The number of amides is 2. The first-order valence-corrected chi connectivity index (χ1v) is 9.78. The van der Waals surface area contributed by atoms with Gasteiger partial charge >= 0.3 is 0 Å². The molecule has 0 aliphatic heterocycles. The Balaban J connectivity index is 2.07. The predicted molar refractivity (Wildman–Crippen MR) is 114 cm³/mol. The Labute approximate surface area is 175 Å². The number of aryl methyl sites for hydroxylation is 1. The normalized spacial score (nSPS) is 10.2. The first-order chi connectivity index (χ1) is 13.9. The van der Waals surface area contributed by atoms with Gasteiger partial charge in [0.2, 0.25) is 11.7 Å². The number of anilines is 1. The van der Waals surface area contributed by atoms with E-state index in [0.717, 1.165) is 17.3 Å². The lowest BCUT2D eigenvalue weighted by Gasteiger charge is -2.15. The minimum Gasteiger partial charge on any atom is -0.493 e. The van der Waals surface area contributed by atoms with Gasteiger partial charge in [-0.3, -0.25) is 9.59 Å². The standard InChI is InChI=1S/C21H26N2O5S/c1-23(2)21(25)29-18-9-7-6-8-15(18)22-19(24)11-10-14-12-16(26-3)20(28-5)17(13-14)27-4/h6-9,12-13H,10-11H2,1-5H3,(H,22,24). The average molecular weight is 419 g/mol. The molecule has 0 atom stereocenters. The van der Waals surface area contributed by atoms with E-state index in [1.807, 2.05) is 24.3 Å². The lowest BCUT2D eigenvalue weighted by atomic mass is 10.1. The summed E-state index contributed by atoms with van der Waals surface area (Å²) in [5, 5.41) is 2.78. The van der Waals surface area contributed by atoms with Gasteiger partial charge in [0.25, 0.3) is 5.24 Å². The molecule has 0 saturated carbocycles. The third kappa shape index (κ3) is 6.05. The van der Waals surface area contributed by atoms with Gasteiger partial charge in [0.05, 0.1) is 27.0 Å². The van der Waals surface area contributed by atoms with E-state index in [1.54, 1.807) is 47.6 Å². The summed E-state index contributed by atoms with van der Waals surface area (Å²) >= 11 is 1.07. The zero-order valence-electron chi connectivity index (χ0n) is 17.3. The van der Waals surface area contributed by atoms with Crippen LogP contribution in [-0.2, 0) is 11.2 Å². The minimum absolute atomic E-state index is 0.107. The molecular formula is C21H26N2O5S. The van der Waals surface area contributed by atoms with Crippen LogP contribution in [0.5, 0.6) is 17.2 Å². The van der Waals surface area contributed by atoms with Crippen LogP contribution in [0.25, 0.3) is 0 Å². The Hall–Kier alpha value is -2.87. The van der Waals surface area contributed by atoms with Gasteiger partial charge in [-0.05, 0) is 48.0 Å². The molecule has 0 spiro atoms. The molecule has 8 heteroatoms. The quantitative estimate of drug-likeness (QED) is 0.652. The lowest BCUT2D eigenvalue weighted by Crippen LogP contribution is -2.17. The summed E-state index contributed by atoms with van der Waals surface area (Å²) in [6.07, 6.45) is 0.758. The van der Waals surface area contributed by atoms with Crippen LogP contribution in [0.2, 0.25) is 0 Å². The van der Waals surface area contributed by atoms with Crippen LogP contribution < -0.4 is 19.5 Å². The highest BCUT2D eigenvalue weighted by Gasteiger charge is 2.15. The summed E-state index contributed by atoms with van der Waals surface area (Å²) in [4.78, 5) is 26.7. The molecule has 1 N–H and O–H groups in total. The zero-order chi connectivity index (χ0) is 21.4. The van der Waals surface area contributed by atoms with Crippen LogP contribution in [0.3, 0.4) is 0 Å². The van der Waals surface area contributed by atoms with Crippen LogP contribution in [0, 0.1) is 0 Å². The Morgan fingerprint density at radius 3 is 2.17 bits per heavy atom. The molecule has 0 saturated heterocycles. The molecule has 2 aromatic rings. The molecule has 29 heavy (non-hydrogen) atoms. The molecule has 7 nitrogen and oxygen atoms in total. The van der Waals surface area contributed by atoms with Crippen molar-refractivity contribution in [2.75, 3.05) is 40.7 Å². The van der Waals surface area contributed by atoms with Crippen molar-refractivity contribution >= 4 is 28.6 Å². The number of para-hydroxylation sites is 1. The molecule has 0 aliphatic carbocycles. The maximum absolute atomic E-state index is 12.5. The third-order valence-electron chi connectivity index (χ3n) is 4.09. The number of nitrogens with one attached hydrogen (secondary N) is 1. The fourth-order valence-electron chi connectivity index (χ4n) is 2.59. The summed E-state index contributed by atoms with van der Waals surface area (Å²) in [7, 11) is 8.03. The summed E-state index contributed by atoms with van der Waals surface area (Å²) < 4.78 is 16.0. The van der Waals surface area contributed by atoms with Crippen molar-refractivity contribution in [3.63, 3.8) is 0 Å². The van der Waals surface area contributed by atoms with E-state index in [-0.39, 0.29) is 17.6 Å². The molecule has 0 unspecified atom stereocenters. The summed E-state index contributed by atoms with van der Waals surface area (Å²) in [6, 6.07) is 10.9. The highest BCUT2D eigenvalue weighted by Crippen LogP contribution is 2.38. The van der Waals surface area contributed by atoms with E-state index in [4.69, 9.17) is 14.2 Å². The van der Waals surface area contributed by atoms with Crippen molar-refractivity contribution in [2.24, 2.45) is 0 Å². The topological polar surface area (TPSA) is 77.1 Å². The van der Waals surface area contributed by atoms with Crippen molar-refractivity contribution in [3.8, 4) is 17.2 Å². The first kappa shape index (κ1) is 22.4. The number of carbonyl (C=O) groups excluding carboxylic acids is 2. The number of ether oxygens (including phenoxy) is 3. The number of hydrogen-bond donors (Lipinski definition) is 1. The number of methoxy groups -OCH3 is 3. The van der Waals surface area contributed by atoms with Crippen LogP contribution >= 0.6 is 11.8 Å².